The molecular formula is C14H16O2. The fourth-order valence-corrected chi connectivity index (χ4v) is 1.77. The maximum Gasteiger partial charge on any atom is 0.106 e. The molecule has 0 aliphatic rings. The van der Waals surface area contributed by atoms with E-state index in [0.717, 1.165) is 18.6 Å². The summed E-state index contributed by atoms with van der Waals surface area (Å²) in [6, 6.07) is 14.3. The van der Waals surface area contributed by atoms with Crippen molar-refractivity contribution in [1.82, 2.24) is 0 Å². The second-order valence-electron chi connectivity index (χ2n) is 3.83. The summed E-state index contributed by atoms with van der Waals surface area (Å²) in [5.74, 6) is 0.975. The van der Waals surface area contributed by atoms with Crippen LogP contribution in [-0.2, 0) is 17.6 Å². The number of furan rings is 1. The van der Waals surface area contributed by atoms with Crippen molar-refractivity contribution >= 4 is 0 Å². The molecule has 2 rings (SSSR count). The molecule has 1 aromatic heterocycles. The van der Waals surface area contributed by atoms with E-state index in [2.05, 4.69) is 24.3 Å². The molecule has 1 unspecified atom stereocenters. The highest BCUT2D eigenvalue weighted by Gasteiger charge is 2.10. The predicted octanol–water partition coefficient (Wildman–Crippen LogP) is 3.08. The third-order valence-corrected chi connectivity index (χ3v) is 2.65. The summed E-state index contributed by atoms with van der Waals surface area (Å²) < 4.78 is 10.8. The Bertz CT molecular complexity index is 392. The minimum absolute atomic E-state index is 0.175. The third-order valence-electron chi connectivity index (χ3n) is 2.65. The molecule has 2 aromatic rings. The Morgan fingerprint density at radius 1 is 1.06 bits per heavy atom. The van der Waals surface area contributed by atoms with Gasteiger partial charge in [0, 0.05) is 13.5 Å². The van der Waals surface area contributed by atoms with Gasteiger partial charge in [-0.25, -0.2) is 0 Å². The van der Waals surface area contributed by atoms with Gasteiger partial charge in [0.05, 0.1) is 12.4 Å². The lowest BCUT2D eigenvalue weighted by Gasteiger charge is -2.13. The highest BCUT2D eigenvalue weighted by Crippen LogP contribution is 2.11. The minimum atomic E-state index is 0.175. The van der Waals surface area contributed by atoms with Gasteiger partial charge in [-0.3, -0.25) is 0 Å². The van der Waals surface area contributed by atoms with Gasteiger partial charge in [0.25, 0.3) is 0 Å². The summed E-state index contributed by atoms with van der Waals surface area (Å²) in [6.45, 7) is 0. The highest BCUT2D eigenvalue weighted by atomic mass is 16.5. The highest BCUT2D eigenvalue weighted by molar-refractivity contribution is 5.16. The summed E-state index contributed by atoms with van der Waals surface area (Å²) in [7, 11) is 1.75. The molecule has 16 heavy (non-hydrogen) atoms. The molecule has 2 nitrogen and oxygen atoms in total. The lowest BCUT2D eigenvalue weighted by atomic mass is 10.0. The quantitative estimate of drug-likeness (QED) is 0.766. The van der Waals surface area contributed by atoms with E-state index in [1.54, 1.807) is 13.4 Å². The van der Waals surface area contributed by atoms with Crippen LogP contribution >= 0.6 is 0 Å². The van der Waals surface area contributed by atoms with Gasteiger partial charge in [-0.05, 0) is 24.1 Å². The average molecular weight is 216 g/mol. The molecule has 0 aliphatic heterocycles. The predicted molar refractivity (Wildman–Crippen MR) is 63.4 cm³/mol. The average Bonchev–Trinajstić information content (AvgIpc) is 2.82. The first kappa shape index (κ1) is 11.0. The van der Waals surface area contributed by atoms with Crippen LogP contribution in [0.4, 0.5) is 0 Å². The van der Waals surface area contributed by atoms with Gasteiger partial charge in [-0.1, -0.05) is 30.3 Å². The lowest BCUT2D eigenvalue weighted by molar-refractivity contribution is 0.0985. The summed E-state index contributed by atoms with van der Waals surface area (Å²) in [5, 5.41) is 0. The number of hydrogen-bond donors (Lipinski definition) is 0. The smallest absolute Gasteiger partial charge is 0.106 e. The van der Waals surface area contributed by atoms with Gasteiger partial charge in [0.1, 0.15) is 5.76 Å². The van der Waals surface area contributed by atoms with Crippen molar-refractivity contribution in [2.45, 2.75) is 18.9 Å². The Morgan fingerprint density at radius 2 is 1.88 bits per heavy atom. The minimum Gasteiger partial charge on any atom is -0.469 e. The molecule has 1 aromatic carbocycles. The fourth-order valence-electron chi connectivity index (χ4n) is 1.77. The molecule has 0 N–H and O–H groups in total. The zero-order chi connectivity index (χ0) is 11.2. The van der Waals surface area contributed by atoms with Crippen LogP contribution in [0.5, 0.6) is 0 Å². The molecule has 0 bridgehead atoms. The third kappa shape index (κ3) is 2.97. The number of hydrogen-bond acceptors (Lipinski definition) is 2. The summed E-state index contributed by atoms with van der Waals surface area (Å²) in [5.41, 5.74) is 1.29. The Kier molecular flexibility index (Phi) is 3.78. The Balaban J connectivity index is 1.96. The molecule has 0 aliphatic carbocycles. The molecule has 0 fully saturated rings. The monoisotopic (exact) mass is 216 g/mol. The van der Waals surface area contributed by atoms with E-state index in [1.165, 1.54) is 5.56 Å². The number of benzene rings is 1. The Hall–Kier alpha value is -1.54. The molecule has 1 atom stereocenters. The maximum atomic E-state index is 5.47. The topological polar surface area (TPSA) is 22.4 Å². The van der Waals surface area contributed by atoms with Crippen molar-refractivity contribution in [2.24, 2.45) is 0 Å². The van der Waals surface area contributed by atoms with Gasteiger partial charge in [0.15, 0.2) is 0 Å². The van der Waals surface area contributed by atoms with Crippen molar-refractivity contribution in [1.29, 1.82) is 0 Å². The van der Waals surface area contributed by atoms with E-state index in [4.69, 9.17) is 9.15 Å². The van der Waals surface area contributed by atoms with Crippen LogP contribution < -0.4 is 0 Å². The molecule has 84 valence electrons. The van der Waals surface area contributed by atoms with Crippen molar-refractivity contribution in [3.8, 4) is 0 Å². The second-order valence-corrected chi connectivity index (χ2v) is 3.83. The van der Waals surface area contributed by atoms with Crippen molar-refractivity contribution < 1.29 is 9.15 Å². The van der Waals surface area contributed by atoms with Crippen molar-refractivity contribution in [3.05, 3.63) is 60.1 Å². The van der Waals surface area contributed by atoms with E-state index in [9.17, 15) is 0 Å². The normalized spacial score (nSPS) is 12.6. The molecule has 2 heteroatoms. The largest absolute Gasteiger partial charge is 0.469 e. The van der Waals surface area contributed by atoms with Crippen LogP contribution in [0, 0.1) is 0 Å². The SMILES string of the molecule is COC(Cc1ccccc1)Cc1ccco1. The van der Waals surface area contributed by atoms with Crippen LogP contribution in [0.25, 0.3) is 0 Å². The molecule has 0 saturated heterocycles. The van der Waals surface area contributed by atoms with Gasteiger partial charge in [-0.15, -0.1) is 0 Å². The van der Waals surface area contributed by atoms with Crippen molar-refractivity contribution in [2.75, 3.05) is 7.11 Å². The van der Waals surface area contributed by atoms with E-state index in [-0.39, 0.29) is 6.10 Å². The second kappa shape index (κ2) is 5.52. The summed E-state index contributed by atoms with van der Waals surface area (Å²) in [6.07, 6.45) is 3.61. The Labute approximate surface area is 95.9 Å². The fraction of sp³-hybridized carbons (Fsp3) is 0.286. The van der Waals surface area contributed by atoms with Crippen LogP contribution in [0.15, 0.2) is 53.1 Å². The van der Waals surface area contributed by atoms with Gasteiger partial charge < -0.3 is 9.15 Å². The van der Waals surface area contributed by atoms with Crippen LogP contribution in [-0.4, -0.2) is 13.2 Å². The molecule has 0 spiro atoms. The van der Waals surface area contributed by atoms with E-state index in [0.29, 0.717) is 0 Å². The first-order valence-electron chi connectivity index (χ1n) is 5.47. The van der Waals surface area contributed by atoms with Gasteiger partial charge >= 0.3 is 0 Å². The Morgan fingerprint density at radius 3 is 2.50 bits per heavy atom. The molecular weight excluding hydrogens is 200 g/mol. The molecule has 1 heterocycles. The van der Waals surface area contributed by atoms with E-state index < -0.39 is 0 Å². The summed E-state index contributed by atoms with van der Waals surface area (Å²) >= 11 is 0. The van der Waals surface area contributed by atoms with Gasteiger partial charge in [0.2, 0.25) is 0 Å². The van der Waals surface area contributed by atoms with E-state index >= 15 is 0 Å². The maximum absolute atomic E-state index is 5.47. The number of rotatable bonds is 5. The standard InChI is InChI=1S/C14H16O2/c1-15-14(11-13-8-5-9-16-13)10-12-6-3-2-4-7-12/h2-9,14H,10-11H2,1H3. The van der Waals surface area contributed by atoms with Crippen LogP contribution in [0.2, 0.25) is 0 Å². The van der Waals surface area contributed by atoms with Crippen LogP contribution in [0.1, 0.15) is 11.3 Å². The summed E-state index contributed by atoms with van der Waals surface area (Å²) in [4.78, 5) is 0. The van der Waals surface area contributed by atoms with Crippen molar-refractivity contribution in [3.63, 3.8) is 0 Å². The first-order chi connectivity index (χ1) is 7.88. The lowest BCUT2D eigenvalue weighted by Crippen LogP contribution is -2.16. The molecule has 0 saturated carbocycles. The van der Waals surface area contributed by atoms with E-state index in [1.807, 2.05) is 18.2 Å². The molecule has 0 radical (unpaired) electrons. The van der Waals surface area contributed by atoms with Crippen LogP contribution in [0.3, 0.4) is 0 Å². The number of methoxy groups -OCH3 is 1. The van der Waals surface area contributed by atoms with Gasteiger partial charge in [-0.2, -0.15) is 0 Å². The zero-order valence-electron chi connectivity index (χ0n) is 9.43. The molecule has 0 amide bonds. The zero-order valence-corrected chi connectivity index (χ0v) is 9.43. The number of ether oxygens (including phenoxy) is 1. The first-order valence-corrected chi connectivity index (χ1v) is 5.47.